The molecule has 2 aliphatic rings. The van der Waals surface area contributed by atoms with E-state index in [0.29, 0.717) is 46.7 Å². The van der Waals surface area contributed by atoms with Gasteiger partial charge in [0.1, 0.15) is 12.5 Å². The van der Waals surface area contributed by atoms with Crippen molar-refractivity contribution in [2.45, 2.75) is 26.9 Å². The third kappa shape index (κ3) is 4.67. The number of halogens is 1. The molecule has 10 heteroatoms. The fourth-order valence-corrected chi connectivity index (χ4v) is 3.88. The summed E-state index contributed by atoms with van der Waals surface area (Å²) in [5.41, 5.74) is 1.26. The Morgan fingerprint density at radius 2 is 1.62 bits per heavy atom. The van der Waals surface area contributed by atoms with Crippen LogP contribution in [0.15, 0.2) is 34.7 Å². The van der Waals surface area contributed by atoms with E-state index < -0.39 is 23.8 Å². The maximum Gasteiger partial charge on any atom is 0.336 e. The molecular weight excluding hydrogens is 442 g/mol. The Hall–Kier alpha value is -3.20. The lowest BCUT2D eigenvalue weighted by Crippen LogP contribution is -2.37. The quantitative estimate of drug-likeness (QED) is 0.518. The van der Waals surface area contributed by atoms with Crippen LogP contribution < -0.4 is 14.8 Å². The third-order valence-electron chi connectivity index (χ3n) is 5.05. The molecule has 1 aromatic carbocycles. The molecule has 9 nitrogen and oxygen atoms in total. The molecule has 0 radical (unpaired) electrons. The first-order valence-electron chi connectivity index (χ1n) is 9.88. The van der Waals surface area contributed by atoms with Gasteiger partial charge in [-0.25, -0.2) is 9.59 Å². The van der Waals surface area contributed by atoms with Crippen molar-refractivity contribution in [2.75, 3.05) is 27.4 Å². The number of hydrogen-bond acceptors (Lipinski definition) is 9. The number of carbonyl (C=O) groups excluding carboxylic acids is 3. The zero-order valence-electron chi connectivity index (χ0n) is 18.2. The molecule has 0 aromatic heterocycles. The average Bonchev–Trinajstić information content (AvgIpc) is 3.02. The summed E-state index contributed by atoms with van der Waals surface area (Å²) in [6.07, 6.45) is 0.717. The molecule has 0 saturated carbocycles. The first kappa shape index (κ1) is 23.5. The molecule has 1 aromatic rings. The van der Waals surface area contributed by atoms with E-state index in [1.165, 1.54) is 14.2 Å². The second kappa shape index (κ2) is 9.95. The van der Waals surface area contributed by atoms with E-state index in [4.69, 9.17) is 35.3 Å². The fraction of sp³-hybridized carbons (Fsp3) is 0.409. The number of nitrogens with one attached hydrogen (secondary N) is 1. The van der Waals surface area contributed by atoms with Gasteiger partial charge in [-0.2, -0.15) is 0 Å². The van der Waals surface area contributed by atoms with Gasteiger partial charge >= 0.3 is 17.9 Å². The van der Waals surface area contributed by atoms with Gasteiger partial charge in [0.2, 0.25) is 0 Å². The van der Waals surface area contributed by atoms with Gasteiger partial charge in [-0.15, -0.1) is 0 Å². The van der Waals surface area contributed by atoms with E-state index in [1.807, 2.05) is 0 Å². The van der Waals surface area contributed by atoms with E-state index >= 15 is 0 Å². The molecule has 2 heterocycles. The van der Waals surface area contributed by atoms with Gasteiger partial charge in [0, 0.05) is 17.8 Å². The van der Waals surface area contributed by atoms with Crippen molar-refractivity contribution in [2.24, 2.45) is 5.92 Å². The van der Waals surface area contributed by atoms with Crippen molar-refractivity contribution >= 4 is 29.5 Å². The summed E-state index contributed by atoms with van der Waals surface area (Å²) in [4.78, 5) is 38.0. The van der Waals surface area contributed by atoms with Crippen molar-refractivity contribution in [1.82, 2.24) is 5.32 Å². The standard InChI is InChI=1S/C22H24ClNO8/c1-11-16(20(25)28-3)18(17(12(2)24-11)21(26)29-4)22(27)32-10-13-8-14(23)19-15(9-13)30-6-5-7-31-19/h8-9,18,24H,5-7,10H2,1-4H3. The van der Waals surface area contributed by atoms with Crippen LogP contribution in [-0.2, 0) is 35.2 Å². The highest BCUT2D eigenvalue weighted by Crippen LogP contribution is 2.38. The first-order chi connectivity index (χ1) is 15.3. The first-order valence-corrected chi connectivity index (χ1v) is 10.3. The number of dihydropyridines is 1. The largest absolute Gasteiger partial charge is 0.489 e. The van der Waals surface area contributed by atoms with Gasteiger partial charge in [-0.05, 0) is 31.5 Å². The number of benzene rings is 1. The van der Waals surface area contributed by atoms with Gasteiger partial charge in [-0.3, -0.25) is 4.79 Å². The van der Waals surface area contributed by atoms with Crippen LogP contribution in [0.1, 0.15) is 25.8 Å². The van der Waals surface area contributed by atoms with E-state index in [0.717, 1.165) is 6.42 Å². The second-order valence-electron chi connectivity index (χ2n) is 7.18. The molecule has 172 valence electrons. The topological polar surface area (TPSA) is 109 Å². The number of fused-ring (bicyclic) bond motifs is 1. The number of esters is 3. The highest BCUT2D eigenvalue weighted by Gasteiger charge is 2.42. The summed E-state index contributed by atoms with van der Waals surface area (Å²) in [5, 5.41) is 3.25. The number of rotatable bonds is 5. The van der Waals surface area contributed by atoms with Crippen LogP contribution in [0.4, 0.5) is 0 Å². The Morgan fingerprint density at radius 3 is 2.22 bits per heavy atom. The number of carbonyl (C=O) groups is 3. The van der Waals surface area contributed by atoms with Crippen LogP contribution in [0.3, 0.4) is 0 Å². The number of allylic oxidation sites excluding steroid dienone is 2. The molecule has 0 spiro atoms. The minimum Gasteiger partial charge on any atom is -0.489 e. The Labute approximate surface area is 190 Å². The lowest BCUT2D eigenvalue weighted by atomic mass is 9.85. The summed E-state index contributed by atoms with van der Waals surface area (Å²) in [6, 6.07) is 3.28. The molecule has 0 unspecified atom stereocenters. The zero-order chi connectivity index (χ0) is 23.4. The number of methoxy groups -OCH3 is 2. The number of ether oxygens (including phenoxy) is 5. The predicted octanol–water partition coefficient (Wildman–Crippen LogP) is 2.66. The Kier molecular flexibility index (Phi) is 7.29. The van der Waals surface area contributed by atoms with Gasteiger partial charge in [0.05, 0.1) is 43.6 Å². The van der Waals surface area contributed by atoms with Crippen LogP contribution in [-0.4, -0.2) is 45.3 Å². The maximum absolute atomic E-state index is 13.1. The molecule has 32 heavy (non-hydrogen) atoms. The predicted molar refractivity (Wildman–Crippen MR) is 113 cm³/mol. The van der Waals surface area contributed by atoms with Crippen molar-refractivity contribution in [3.8, 4) is 11.5 Å². The van der Waals surface area contributed by atoms with Crippen LogP contribution in [0.25, 0.3) is 0 Å². The fourth-order valence-electron chi connectivity index (χ4n) is 3.60. The smallest absolute Gasteiger partial charge is 0.336 e. The SMILES string of the molecule is COC(=O)C1=C(C)NC(C)=C(C(=O)OC)C1C(=O)OCc1cc(Cl)c2c(c1)OCCCO2. The second-order valence-corrected chi connectivity index (χ2v) is 7.59. The summed E-state index contributed by atoms with van der Waals surface area (Å²) in [7, 11) is 2.38. The van der Waals surface area contributed by atoms with Gasteiger partial charge in [0.25, 0.3) is 0 Å². The Balaban J connectivity index is 1.89. The molecule has 0 atom stereocenters. The van der Waals surface area contributed by atoms with Crippen molar-refractivity contribution < 1.29 is 38.1 Å². The summed E-state index contributed by atoms with van der Waals surface area (Å²) >= 11 is 6.30. The highest BCUT2D eigenvalue weighted by atomic mass is 35.5. The molecule has 0 fully saturated rings. The third-order valence-corrected chi connectivity index (χ3v) is 5.33. The summed E-state index contributed by atoms with van der Waals surface area (Å²) in [6.45, 7) is 4.00. The maximum atomic E-state index is 13.1. The number of hydrogen-bond donors (Lipinski definition) is 1. The van der Waals surface area contributed by atoms with Crippen molar-refractivity contribution in [3.05, 3.63) is 45.3 Å². The molecular formula is C22H24ClNO8. The minimum absolute atomic E-state index is 0.0276. The molecule has 0 aliphatic carbocycles. The molecule has 0 saturated heterocycles. The van der Waals surface area contributed by atoms with E-state index in [1.54, 1.807) is 26.0 Å². The minimum atomic E-state index is -1.31. The summed E-state index contributed by atoms with van der Waals surface area (Å²) < 4.78 is 26.4. The van der Waals surface area contributed by atoms with E-state index in [-0.39, 0.29) is 17.8 Å². The Morgan fingerprint density at radius 1 is 1.03 bits per heavy atom. The normalized spacial score (nSPS) is 16.2. The monoisotopic (exact) mass is 465 g/mol. The summed E-state index contributed by atoms with van der Waals surface area (Å²) in [5.74, 6) is -2.74. The molecule has 0 bridgehead atoms. The zero-order valence-corrected chi connectivity index (χ0v) is 19.0. The lowest BCUT2D eigenvalue weighted by Gasteiger charge is -2.28. The van der Waals surface area contributed by atoms with Gasteiger partial charge in [0.15, 0.2) is 11.5 Å². The van der Waals surface area contributed by atoms with Crippen LogP contribution in [0.2, 0.25) is 5.02 Å². The van der Waals surface area contributed by atoms with E-state index in [2.05, 4.69) is 5.32 Å². The molecule has 3 rings (SSSR count). The van der Waals surface area contributed by atoms with Crippen molar-refractivity contribution in [3.63, 3.8) is 0 Å². The molecule has 1 N–H and O–H groups in total. The van der Waals surface area contributed by atoms with Gasteiger partial charge in [-0.1, -0.05) is 11.6 Å². The van der Waals surface area contributed by atoms with Crippen molar-refractivity contribution in [1.29, 1.82) is 0 Å². The average molecular weight is 466 g/mol. The van der Waals surface area contributed by atoms with Crippen LogP contribution >= 0.6 is 11.6 Å². The lowest BCUT2D eigenvalue weighted by molar-refractivity contribution is -0.152. The van der Waals surface area contributed by atoms with Gasteiger partial charge < -0.3 is 29.0 Å². The Bertz CT molecular complexity index is 975. The molecule has 2 aliphatic heterocycles. The van der Waals surface area contributed by atoms with Crippen LogP contribution in [0.5, 0.6) is 11.5 Å². The van der Waals surface area contributed by atoms with Crippen LogP contribution in [0, 0.1) is 5.92 Å². The van der Waals surface area contributed by atoms with E-state index in [9.17, 15) is 14.4 Å². The molecule has 0 amide bonds. The highest BCUT2D eigenvalue weighted by molar-refractivity contribution is 6.32.